The fraction of sp³-hybridized carbons (Fsp3) is 0.235. The predicted octanol–water partition coefficient (Wildman–Crippen LogP) is 2.73. The first kappa shape index (κ1) is 20.7. The summed E-state index contributed by atoms with van der Waals surface area (Å²) < 4.78 is 32.5. The van der Waals surface area contributed by atoms with Gasteiger partial charge in [-0.25, -0.2) is 22.9 Å². The van der Waals surface area contributed by atoms with E-state index in [2.05, 4.69) is 31.0 Å². The van der Waals surface area contributed by atoms with Crippen LogP contribution in [0, 0.1) is 0 Å². The van der Waals surface area contributed by atoms with E-state index in [4.69, 9.17) is 16.3 Å². The largest absolute Gasteiger partial charge is 0.452 e. The lowest BCUT2D eigenvalue weighted by molar-refractivity contribution is -0.119. The molecule has 0 aliphatic heterocycles. The maximum atomic E-state index is 12.3. The van der Waals surface area contributed by atoms with E-state index in [1.807, 2.05) is 0 Å². The van der Waals surface area contributed by atoms with Crippen LogP contribution in [0.15, 0.2) is 45.9 Å². The highest BCUT2D eigenvalue weighted by atomic mass is 79.9. The van der Waals surface area contributed by atoms with Gasteiger partial charge in [0.25, 0.3) is 5.91 Å². The first-order valence-corrected chi connectivity index (χ1v) is 10.8. The van der Waals surface area contributed by atoms with Gasteiger partial charge in [-0.05, 0) is 59.1 Å². The molecule has 11 heteroatoms. The summed E-state index contributed by atoms with van der Waals surface area (Å²) in [5, 5.41) is 2.87. The molecule has 0 saturated heterocycles. The number of carbonyl (C=O) groups is 2. The smallest absolute Gasteiger partial charge is 0.339 e. The molecule has 1 amide bonds. The lowest BCUT2D eigenvalue weighted by atomic mass is 10.2. The third kappa shape index (κ3) is 5.51. The number of nitrogens with zero attached hydrogens (tertiary/aromatic N) is 1. The second-order valence-electron chi connectivity index (χ2n) is 6.02. The first-order chi connectivity index (χ1) is 13.2. The van der Waals surface area contributed by atoms with Crippen LogP contribution in [0.25, 0.3) is 0 Å². The van der Waals surface area contributed by atoms with Crippen LogP contribution in [0.3, 0.4) is 0 Å². The molecule has 0 spiro atoms. The quantitative estimate of drug-likeness (QED) is 0.579. The van der Waals surface area contributed by atoms with Crippen molar-refractivity contribution in [2.75, 3.05) is 11.9 Å². The topological polar surface area (TPSA) is 114 Å². The zero-order valence-corrected chi connectivity index (χ0v) is 17.5. The van der Waals surface area contributed by atoms with Gasteiger partial charge >= 0.3 is 5.97 Å². The molecule has 1 aliphatic carbocycles. The Morgan fingerprint density at radius 3 is 2.64 bits per heavy atom. The summed E-state index contributed by atoms with van der Waals surface area (Å²) in [7, 11) is -3.72. The van der Waals surface area contributed by atoms with Gasteiger partial charge in [-0.2, -0.15) is 0 Å². The van der Waals surface area contributed by atoms with Gasteiger partial charge in [-0.3, -0.25) is 4.79 Å². The van der Waals surface area contributed by atoms with Crippen LogP contribution in [0.1, 0.15) is 23.2 Å². The molecule has 8 nitrogen and oxygen atoms in total. The third-order valence-electron chi connectivity index (χ3n) is 3.70. The lowest BCUT2D eigenvalue weighted by Gasteiger charge is -2.10. The number of esters is 1. The predicted molar refractivity (Wildman–Crippen MR) is 106 cm³/mol. The standard InChI is InChI=1S/C17H15BrClN3O5S/c18-14-5-4-12(28(25,26)22-11-2-3-11)7-13(14)17(24)27-9-16(23)21-15-6-1-10(19)8-20-15/h1,4-8,11,22H,2-3,9H2,(H,20,21,23). The van der Waals surface area contributed by atoms with E-state index in [0.29, 0.717) is 9.50 Å². The van der Waals surface area contributed by atoms with E-state index in [1.165, 1.54) is 30.5 Å². The van der Waals surface area contributed by atoms with Gasteiger partial charge in [-0.1, -0.05) is 11.6 Å². The molecule has 2 N–H and O–H groups in total. The molecule has 0 radical (unpaired) electrons. The highest BCUT2D eigenvalue weighted by Gasteiger charge is 2.28. The molecular weight excluding hydrogens is 474 g/mol. The second kappa shape index (κ2) is 8.56. The minimum Gasteiger partial charge on any atom is -0.452 e. The highest BCUT2D eigenvalue weighted by Crippen LogP contribution is 2.25. The number of benzene rings is 1. The van der Waals surface area contributed by atoms with Crippen molar-refractivity contribution in [1.82, 2.24) is 9.71 Å². The summed E-state index contributed by atoms with van der Waals surface area (Å²) in [6.45, 7) is -0.563. The third-order valence-corrected chi connectivity index (χ3v) is 6.13. The van der Waals surface area contributed by atoms with Crippen LogP contribution in [0.4, 0.5) is 5.82 Å². The lowest BCUT2D eigenvalue weighted by Crippen LogP contribution is -2.26. The van der Waals surface area contributed by atoms with E-state index >= 15 is 0 Å². The van der Waals surface area contributed by atoms with Crippen molar-refractivity contribution in [3.63, 3.8) is 0 Å². The number of ether oxygens (including phenoxy) is 1. The number of hydrogen-bond donors (Lipinski definition) is 2. The number of rotatable bonds is 7. The number of anilines is 1. The molecule has 1 fully saturated rings. The Kier molecular flexibility index (Phi) is 6.33. The minimum atomic E-state index is -3.72. The van der Waals surface area contributed by atoms with Gasteiger partial charge in [0.15, 0.2) is 6.61 Å². The van der Waals surface area contributed by atoms with Crippen LogP contribution in [0.2, 0.25) is 5.02 Å². The Balaban J connectivity index is 1.64. The summed E-state index contributed by atoms with van der Waals surface area (Å²) in [6, 6.07) is 7.01. The van der Waals surface area contributed by atoms with Crippen molar-refractivity contribution >= 4 is 55.2 Å². The Bertz CT molecular complexity index is 1010. The second-order valence-corrected chi connectivity index (χ2v) is 9.03. The normalized spacial score (nSPS) is 13.8. The van der Waals surface area contributed by atoms with Crippen LogP contribution in [-0.2, 0) is 19.6 Å². The summed E-state index contributed by atoms with van der Waals surface area (Å²) in [4.78, 5) is 28.0. The first-order valence-electron chi connectivity index (χ1n) is 8.15. The molecule has 0 atom stereocenters. The van der Waals surface area contributed by atoms with Crippen molar-refractivity contribution in [2.24, 2.45) is 0 Å². The molecule has 3 rings (SSSR count). The number of nitrogens with one attached hydrogen (secondary N) is 2. The van der Waals surface area contributed by atoms with Crippen molar-refractivity contribution in [3.05, 3.63) is 51.6 Å². The molecular formula is C17H15BrClN3O5S. The van der Waals surface area contributed by atoms with Gasteiger partial charge in [0.05, 0.1) is 15.5 Å². The molecule has 28 heavy (non-hydrogen) atoms. The summed E-state index contributed by atoms with van der Waals surface area (Å²) >= 11 is 8.90. The van der Waals surface area contributed by atoms with Crippen molar-refractivity contribution < 1.29 is 22.7 Å². The van der Waals surface area contributed by atoms with Gasteiger partial charge in [0.2, 0.25) is 10.0 Å². The molecule has 1 aromatic carbocycles. The summed E-state index contributed by atoms with van der Waals surface area (Å²) in [5.41, 5.74) is -0.00362. The average Bonchev–Trinajstić information content (AvgIpc) is 3.45. The summed E-state index contributed by atoms with van der Waals surface area (Å²) in [5.74, 6) is -1.18. The monoisotopic (exact) mass is 487 g/mol. The number of carbonyl (C=O) groups excluding carboxylic acids is 2. The van der Waals surface area contributed by atoms with Crippen LogP contribution >= 0.6 is 27.5 Å². The van der Waals surface area contributed by atoms with E-state index in [9.17, 15) is 18.0 Å². The van der Waals surface area contributed by atoms with Crippen molar-refractivity contribution in [1.29, 1.82) is 0 Å². The van der Waals surface area contributed by atoms with E-state index in [1.54, 1.807) is 6.07 Å². The fourth-order valence-corrected chi connectivity index (χ4v) is 4.01. The van der Waals surface area contributed by atoms with Gasteiger partial charge in [0.1, 0.15) is 5.82 Å². The number of amides is 1. The minimum absolute atomic E-state index is 0.00362. The molecule has 1 aliphatic rings. The number of sulfonamides is 1. The SMILES string of the molecule is O=C(COC(=O)c1cc(S(=O)(=O)NC2CC2)ccc1Br)Nc1ccc(Cl)cn1. The Morgan fingerprint density at radius 2 is 2.00 bits per heavy atom. The molecule has 1 saturated carbocycles. The Morgan fingerprint density at radius 1 is 1.25 bits per heavy atom. The number of pyridine rings is 1. The number of hydrogen-bond acceptors (Lipinski definition) is 6. The number of halogens is 2. The van der Waals surface area contributed by atoms with E-state index in [0.717, 1.165) is 12.8 Å². The maximum absolute atomic E-state index is 12.3. The maximum Gasteiger partial charge on any atom is 0.339 e. The van der Waals surface area contributed by atoms with E-state index in [-0.39, 0.29) is 22.3 Å². The van der Waals surface area contributed by atoms with Crippen LogP contribution in [0.5, 0.6) is 0 Å². The Labute approximate surface area is 174 Å². The molecule has 0 unspecified atom stereocenters. The zero-order valence-electron chi connectivity index (χ0n) is 14.3. The van der Waals surface area contributed by atoms with Gasteiger partial charge in [-0.15, -0.1) is 0 Å². The fourth-order valence-electron chi connectivity index (χ4n) is 2.15. The zero-order chi connectivity index (χ0) is 20.3. The molecule has 1 aromatic heterocycles. The van der Waals surface area contributed by atoms with Crippen molar-refractivity contribution in [2.45, 2.75) is 23.8 Å². The summed E-state index contributed by atoms with van der Waals surface area (Å²) in [6.07, 6.45) is 2.95. The van der Waals surface area contributed by atoms with Gasteiger partial charge < -0.3 is 10.1 Å². The van der Waals surface area contributed by atoms with E-state index < -0.39 is 28.5 Å². The molecule has 1 heterocycles. The van der Waals surface area contributed by atoms with Gasteiger partial charge in [0, 0.05) is 16.7 Å². The van der Waals surface area contributed by atoms with Crippen LogP contribution in [-0.4, -0.2) is 37.9 Å². The van der Waals surface area contributed by atoms with Crippen molar-refractivity contribution in [3.8, 4) is 0 Å². The highest BCUT2D eigenvalue weighted by molar-refractivity contribution is 9.10. The number of aromatic nitrogens is 1. The molecule has 148 valence electrons. The van der Waals surface area contributed by atoms with Crippen LogP contribution < -0.4 is 10.0 Å². The Hall–Kier alpha value is -2.01. The molecule has 0 bridgehead atoms. The molecule has 2 aromatic rings. The average molecular weight is 489 g/mol.